The molecule has 0 unspecified atom stereocenters. The summed E-state index contributed by atoms with van der Waals surface area (Å²) in [5.41, 5.74) is 2.71. The Morgan fingerprint density at radius 1 is 1.05 bits per heavy atom. The van der Waals surface area contributed by atoms with E-state index in [0.29, 0.717) is 31.1 Å². The number of anilines is 3. The van der Waals surface area contributed by atoms with Gasteiger partial charge >= 0.3 is 6.09 Å². The van der Waals surface area contributed by atoms with Crippen LogP contribution in [-0.2, 0) is 30.8 Å². The summed E-state index contributed by atoms with van der Waals surface area (Å²) in [6.45, 7) is 21.9. The van der Waals surface area contributed by atoms with Crippen LogP contribution >= 0.6 is 0 Å². The maximum absolute atomic E-state index is 15.3. The number of hydrogen-bond donors (Lipinski definition) is 2. The van der Waals surface area contributed by atoms with Crippen LogP contribution in [0.15, 0.2) is 53.7 Å². The summed E-state index contributed by atoms with van der Waals surface area (Å²) in [4.78, 5) is 39.6. The molecule has 0 bridgehead atoms. The van der Waals surface area contributed by atoms with Gasteiger partial charge in [-0.15, -0.1) is 0 Å². The maximum Gasteiger partial charge on any atom is 0.410 e. The zero-order valence-corrected chi connectivity index (χ0v) is 36.2. The molecule has 5 rings (SSSR count). The quantitative estimate of drug-likeness (QED) is 0.108. The average molecular weight is 810 g/mol. The predicted octanol–water partition coefficient (Wildman–Crippen LogP) is 7.66. The molecule has 0 aliphatic carbocycles. The number of aryl methyl sites for hydroxylation is 1. The van der Waals surface area contributed by atoms with Crippen LogP contribution in [0.3, 0.4) is 0 Å². The lowest BCUT2D eigenvalue weighted by molar-refractivity contribution is -0.122. The second-order valence-corrected chi connectivity index (χ2v) is 24.6. The second-order valence-electron chi connectivity index (χ2n) is 17.0. The fraction of sp³-hybridized carbons (Fsp3) is 0.500. The zero-order valence-electron chi connectivity index (χ0n) is 34.4. The molecule has 2 aromatic carbocycles. The lowest BCUT2D eigenvalue weighted by Gasteiger charge is -2.46. The average Bonchev–Trinajstić information content (AvgIpc) is 3.45. The fourth-order valence-corrected chi connectivity index (χ4v) is 8.36. The van der Waals surface area contributed by atoms with Crippen LogP contribution in [0, 0.1) is 12.7 Å². The summed E-state index contributed by atoms with van der Waals surface area (Å²) in [5, 5.41) is 6.85. The number of para-hydroxylation sites is 1. The fourth-order valence-electron chi connectivity index (χ4n) is 6.84. The lowest BCUT2D eigenvalue weighted by atomic mass is 10.1. The molecular weight excluding hydrogens is 754 g/mol. The predicted molar refractivity (Wildman–Crippen MR) is 221 cm³/mol. The molecule has 0 radical (unpaired) electrons. The van der Waals surface area contributed by atoms with E-state index >= 15 is 4.39 Å². The number of rotatable bonds is 12. The molecule has 3 atom stereocenters. The van der Waals surface area contributed by atoms with E-state index in [1.165, 1.54) is 18.2 Å². The van der Waals surface area contributed by atoms with E-state index in [4.69, 9.17) is 14.5 Å². The number of piperazine rings is 1. The SMILES string of the molecule is Cc1cnc(Nc2cccc(S(C)(=O)=O)c2F)nc1-c1cn(COCC[Si](C)(C)C)c2c(NC(=O)[C@H](C)N3C[C@H](C)N(C(=O)OC(C)(C)C)[C@@H](C)C3)cccc12. The molecule has 2 N–H and O–H groups in total. The van der Waals surface area contributed by atoms with Gasteiger partial charge < -0.3 is 29.6 Å². The van der Waals surface area contributed by atoms with Crippen molar-refractivity contribution in [2.45, 2.75) is 110 Å². The number of hydrogen-bond acceptors (Lipinski definition) is 10. The first kappa shape index (κ1) is 42.8. The van der Waals surface area contributed by atoms with Crippen LogP contribution in [0.25, 0.3) is 22.2 Å². The van der Waals surface area contributed by atoms with Gasteiger partial charge in [0.1, 0.15) is 17.2 Å². The number of benzene rings is 2. The minimum atomic E-state index is -3.81. The molecule has 304 valence electrons. The van der Waals surface area contributed by atoms with E-state index < -0.39 is 40.3 Å². The van der Waals surface area contributed by atoms with Crippen molar-refractivity contribution in [2.75, 3.05) is 36.6 Å². The minimum absolute atomic E-state index is 0.0740. The third-order valence-electron chi connectivity index (χ3n) is 9.70. The Morgan fingerprint density at radius 2 is 1.70 bits per heavy atom. The minimum Gasteiger partial charge on any atom is -0.444 e. The number of aromatic nitrogens is 3. The number of carbonyl (C=O) groups is 2. The molecule has 4 aromatic rings. The van der Waals surface area contributed by atoms with E-state index in [0.717, 1.165) is 34.3 Å². The summed E-state index contributed by atoms with van der Waals surface area (Å²) in [7, 11) is -5.17. The van der Waals surface area contributed by atoms with Crippen molar-refractivity contribution in [3.63, 3.8) is 0 Å². The summed E-state index contributed by atoms with van der Waals surface area (Å²) >= 11 is 0. The van der Waals surface area contributed by atoms with Gasteiger partial charge in [-0.25, -0.2) is 27.6 Å². The van der Waals surface area contributed by atoms with Gasteiger partial charge in [0.2, 0.25) is 11.9 Å². The van der Waals surface area contributed by atoms with Crippen molar-refractivity contribution < 1.29 is 31.9 Å². The molecule has 1 saturated heterocycles. The van der Waals surface area contributed by atoms with E-state index in [9.17, 15) is 18.0 Å². The van der Waals surface area contributed by atoms with Crippen LogP contribution in [0.4, 0.5) is 26.5 Å². The van der Waals surface area contributed by atoms with E-state index in [1.54, 1.807) is 11.1 Å². The standard InChI is InChI=1S/C40H56FN7O6SSi/c1-25-20-42-38(44-31-15-13-17-33(34(31)41)55(8,51)52)45-35(25)30-23-47(24-53-18-19-56(9,10)11)36-29(30)14-12-16-32(36)43-37(49)28(4)46-21-26(2)48(27(3)22-46)39(50)54-40(5,6)7/h12-17,20,23,26-28H,18-19,21-22,24H2,1-11H3,(H,43,49)(H,42,44,45)/t26-,27-,28-/m0/s1. The summed E-state index contributed by atoms with van der Waals surface area (Å²) in [5.74, 6) is -1.04. The molecule has 0 saturated carbocycles. The largest absolute Gasteiger partial charge is 0.444 e. The number of nitrogens with zero attached hydrogens (tertiary/aromatic N) is 5. The molecule has 1 aliphatic heterocycles. The van der Waals surface area contributed by atoms with Crippen molar-refractivity contribution in [1.29, 1.82) is 0 Å². The monoisotopic (exact) mass is 809 g/mol. The first-order valence-electron chi connectivity index (χ1n) is 18.9. The van der Waals surface area contributed by atoms with E-state index in [-0.39, 0.29) is 42.5 Å². The van der Waals surface area contributed by atoms with Gasteiger partial charge in [-0.3, -0.25) is 9.69 Å². The highest BCUT2D eigenvalue weighted by Gasteiger charge is 2.38. The first-order valence-corrected chi connectivity index (χ1v) is 24.5. The first-order chi connectivity index (χ1) is 26.0. The van der Waals surface area contributed by atoms with Crippen LogP contribution in [0.1, 0.15) is 47.1 Å². The summed E-state index contributed by atoms with van der Waals surface area (Å²) in [6, 6.07) is 9.90. The highest BCUT2D eigenvalue weighted by molar-refractivity contribution is 7.90. The van der Waals surface area contributed by atoms with Gasteiger partial charge in [-0.2, -0.15) is 0 Å². The lowest BCUT2D eigenvalue weighted by Crippen LogP contribution is -2.62. The number of fused-ring (bicyclic) bond motifs is 1. The van der Waals surface area contributed by atoms with Gasteiger partial charge in [0, 0.05) is 69.5 Å². The van der Waals surface area contributed by atoms with Crippen LogP contribution in [0.5, 0.6) is 0 Å². The number of carbonyl (C=O) groups excluding carboxylic acids is 2. The van der Waals surface area contributed by atoms with Crippen LogP contribution in [-0.4, -0.2) is 103 Å². The topological polar surface area (TPSA) is 148 Å². The zero-order chi connectivity index (χ0) is 41.3. The van der Waals surface area contributed by atoms with E-state index in [1.807, 2.05) is 77.4 Å². The van der Waals surface area contributed by atoms with Crippen LogP contribution in [0.2, 0.25) is 25.7 Å². The van der Waals surface area contributed by atoms with Crippen molar-refractivity contribution in [3.8, 4) is 11.3 Å². The molecule has 16 heteroatoms. The molecule has 1 fully saturated rings. The molecule has 13 nitrogen and oxygen atoms in total. The molecule has 56 heavy (non-hydrogen) atoms. The summed E-state index contributed by atoms with van der Waals surface area (Å²) in [6.07, 6.45) is 4.14. The van der Waals surface area contributed by atoms with Gasteiger partial charge in [0.15, 0.2) is 15.7 Å². The number of nitrogens with one attached hydrogen (secondary N) is 2. The molecule has 3 heterocycles. The van der Waals surface area contributed by atoms with E-state index in [2.05, 4.69) is 40.2 Å². The molecule has 0 spiro atoms. The highest BCUT2D eigenvalue weighted by Crippen LogP contribution is 2.36. The molecule has 2 aromatic heterocycles. The Bertz CT molecular complexity index is 2190. The summed E-state index contributed by atoms with van der Waals surface area (Å²) < 4.78 is 53.5. The number of sulfone groups is 1. The normalized spacial score (nSPS) is 17.5. The Morgan fingerprint density at radius 3 is 2.32 bits per heavy atom. The van der Waals surface area contributed by atoms with Gasteiger partial charge in [0.25, 0.3) is 0 Å². The van der Waals surface area contributed by atoms with Gasteiger partial charge in [-0.05, 0) is 78.3 Å². The van der Waals surface area contributed by atoms with Crippen molar-refractivity contribution in [1.82, 2.24) is 24.3 Å². The smallest absolute Gasteiger partial charge is 0.410 e. The van der Waals surface area contributed by atoms with Gasteiger partial charge in [-0.1, -0.05) is 37.8 Å². The number of halogens is 1. The van der Waals surface area contributed by atoms with Crippen molar-refractivity contribution in [2.24, 2.45) is 0 Å². The molecule has 1 aliphatic rings. The number of ether oxygens (including phenoxy) is 2. The molecule has 2 amide bonds. The molecular formula is C40H56FN7O6SSi. The third kappa shape index (κ3) is 10.1. The van der Waals surface area contributed by atoms with Crippen molar-refractivity contribution in [3.05, 3.63) is 60.2 Å². The third-order valence-corrected chi connectivity index (χ3v) is 12.5. The Labute approximate surface area is 330 Å². The second kappa shape index (κ2) is 16.6. The Hall–Kier alpha value is -4.38. The highest BCUT2D eigenvalue weighted by atomic mass is 32.2. The Balaban J connectivity index is 1.46. The van der Waals surface area contributed by atoms with Crippen LogP contribution < -0.4 is 10.6 Å². The van der Waals surface area contributed by atoms with Gasteiger partial charge in [0.05, 0.1) is 28.6 Å². The maximum atomic E-state index is 15.3. The Kier molecular flexibility index (Phi) is 12.7. The van der Waals surface area contributed by atoms with Crippen molar-refractivity contribution >= 4 is 58.1 Å². The number of amides is 2.